The van der Waals surface area contributed by atoms with Gasteiger partial charge in [0.15, 0.2) is 0 Å². The molecule has 0 aliphatic carbocycles. The van der Waals surface area contributed by atoms with E-state index in [4.69, 9.17) is 5.73 Å². The molecule has 0 saturated carbocycles. The molecule has 1 amide bonds. The van der Waals surface area contributed by atoms with Crippen molar-refractivity contribution in [3.8, 4) is 0 Å². The number of carbonyl (C=O) groups excluding carboxylic acids is 1. The third-order valence-electron chi connectivity index (χ3n) is 2.04. The Bertz CT molecular complexity index is 134. The Morgan fingerprint density at radius 3 is 1.86 bits per heavy atom. The van der Waals surface area contributed by atoms with Crippen LogP contribution in [-0.2, 0) is 4.79 Å². The van der Waals surface area contributed by atoms with Crippen molar-refractivity contribution in [1.82, 2.24) is 4.90 Å². The van der Waals surface area contributed by atoms with Gasteiger partial charge in [-0.25, -0.2) is 0 Å². The molecule has 86 valence electrons. The molecule has 0 aromatic heterocycles. The highest BCUT2D eigenvalue weighted by molar-refractivity contribution is 5.85. The largest absolute Gasteiger partial charge is 0.369 e. The molecule has 0 spiro atoms. The molecule has 0 unspecified atom stereocenters. The van der Waals surface area contributed by atoms with Crippen molar-refractivity contribution in [1.29, 1.82) is 0 Å². The van der Waals surface area contributed by atoms with Gasteiger partial charge in [-0.05, 0) is 25.9 Å². The average Bonchev–Trinajstić information content (AvgIpc) is 2.09. The van der Waals surface area contributed by atoms with Crippen molar-refractivity contribution in [2.45, 2.75) is 39.5 Å². The molecule has 0 saturated heterocycles. The molecule has 0 fully saturated rings. The summed E-state index contributed by atoms with van der Waals surface area (Å²) < 4.78 is 0. The smallest absolute Gasteiger partial charge is 0.231 e. The summed E-state index contributed by atoms with van der Waals surface area (Å²) in [6.45, 7) is 6.73. The SMILES string of the molecule is CCCCN(CCCC)CC(N)=O.Cl. The number of nitrogens with two attached hydrogens (primary N) is 1. The van der Waals surface area contributed by atoms with E-state index in [1.807, 2.05) is 0 Å². The molecule has 0 radical (unpaired) electrons. The van der Waals surface area contributed by atoms with E-state index in [-0.39, 0.29) is 18.3 Å². The van der Waals surface area contributed by atoms with Crippen molar-refractivity contribution in [3.63, 3.8) is 0 Å². The van der Waals surface area contributed by atoms with Gasteiger partial charge in [-0.15, -0.1) is 12.4 Å². The topological polar surface area (TPSA) is 46.3 Å². The minimum absolute atomic E-state index is 0. The molecule has 3 nitrogen and oxygen atoms in total. The minimum atomic E-state index is -0.216. The van der Waals surface area contributed by atoms with Crippen molar-refractivity contribution < 1.29 is 4.79 Å². The predicted molar refractivity (Wildman–Crippen MR) is 62.7 cm³/mol. The lowest BCUT2D eigenvalue weighted by molar-refractivity contribution is -0.119. The van der Waals surface area contributed by atoms with Gasteiger partial charge in [-0.3, -0.25) is 9.69 Å². The molecule has 0 aliphatic rings. The molecule has 0 aliphatic heterocycles. The fourth-order valence-electron chi connectivity index (χ4n) is 1.25. The Hall–Kier alpha value is -0.280. The van der Waals surface area contributed by atoms with Crippen LogP contribution in [0.3, 0.4) is 0 Å². The van der Waals surface area contributed by atoms with Crippen LogP contribution in [-0.4, -0.2) is 30.4 Å². The van der Waals surface area contributed by atoms with Gasteiger partial charge in [0.05, 0.1) is 6.54 Å². The Morgan fingerprint density at radius 1 is 1.14 bits per heavy atom. The third kappa shape index (κ3) is 9.81. The van der Waals surface area contributed by atoms with Gasteiger partial charge in [0.2, 0.25) is 5.91 Å². The number of unbranched alkanes of at least 4 members (excludes halogenated alkanes) is 2. The standard InChI is InChI=1S/C10H22N2O.ClH/c1-3-5-7-12(8-6-4-2)9-10(11)13;/h3-9H2,1-2H3,(H2,11,13);1H. The highest BCUT2D eigenvalue weighted by atomic mass is 35.5. The molecule has 4 heteroatoms. The highest BCUT2D eigenvalue weighted by Crippen LogP contribution is 1.98. The molecular formula is C10H23ClN2O. The lowest BCUT2D eigenvalue weighted by atomic mass is 10.2. The molecule has 0 atom stereocenters. The summed E-state index contributed by atoms with van der Waals surface area (Å²) in [6, 6.07) is 0. The number of amides is 1. The number of carbonyl (C=O) groups is 1. The summed E-state index contributed by atoms with van der Waals surface area (Å²) in [7, 11) is 0. The molecule has 0 aromatic rings. The summed E-state index contributed by atoms with van der Waals surface area (Å²) >= 11 is 0. The Morgan fingerprint density at radius 2 is 1.57 bits per heavy atom. The Balaban J connectivity index is 0. The van der Waals surface area contributed by atoms with E-state index < -0.39 is 0 Å². The van der Waals surface area contributed by atoms with Crippen LogP contribution in [0.2, 0.25) is 0 Å². The van der Waals surface area contributed by atoms with E-state index in [0.717, 1.165) is 25.9 Å². The zero-order valence-corrected chi connectivity index (χ0v) is 10.1. The summed E-state index contributed by atoms with van der Waals surface area (Å²) in [6.07, 6.45) is 4.64. The molecule has 14 heavy (non-hydrogen) atoms. The quantitative estimate of drug-likeness (QED) is 0.681. The first kappa shape index (κ1) is 16.2. The van der Waals surface area contributed by atoms with Gasteiger partial charge in [0.1, 0.15) is 0 Å². The van der Waals surface area contributed by atoms with Crippen LogP contribution in [0.4, 0.5) is 0 Å². The first-order valence-electron chi connectivity index (χ1n) is 5.21. The fraction of sp³-hybridized carbons (Fsp3) is 0.900. The van der Waals surface area contributed by atoms with Crippen LogP contribution < -0.4 is 5.73 Å². The predicted octanol–water partition coefficient (Wildman–Crippen LogP) is 1.80. The summed E-state index contributed by atoms with van der Waals surface area (Å²) in [5.41, 5.74) is 5.16. The van der Waals surface area contributed by atoms with Gasteiger partial charge in [0, 0.05) is 0 Å². The average molecular weight is 223 g/mol. The van der Waals surface area contributed by atoms with E-state index in [2.05, 4.69) is 18.7 Å². The van der Waals surface area contributed by atoms with Crippen LogP contribution in [0.1, 0.15) is 39.5 Å². The number of halogens is 1. The highest BCUT2D eigenvalue weighted by Gasteiger charge is 2.06. The first-order chi connectivity index (χ1) is 6.20. The number of primary amides is 1. The van der Waals surface area contributed by atoms with Crippen LogP contribution in [0, 0.1) is 0 Å². The van der Waals surface area contributed by atoms with Crippen LogP contribution in [0.15, 0.2) is 0 Å². The second-order valence-electron chi connectivity index (χ2n) is 3.45. The van der Waals surface area contributed by atoms with Gasteiger partial charge in [-0.1, -0.05) is 26.7 Å². The number of hydrogen-bond donors (Lipinski definition) is 1. The molecule has 0 rings (SSSR count). The minimum Gasteiger partial charge on any atom is -0.369 e. The Labute approximate surface area is 93.4 Å². The molecule has 0 heterocycles. The van der Waals surface area contributed by atoms with Gasteiger partial charge in [0.25, 0.3) is 0 Å². The van der Waals surface area contributed by atoms with Crippen molar-refractivity contribution >= 4 is 18.3 Å². The van der Waals surface area contributed by atoms with E-state index in [0.29, 0.717) is 6.54 Å². The number of hydrogen-bond acceptors (Lipinski definition) is 2. The van der Waals surface area contributed by atoms with E-state index in [1.165, 1.54) is 12.8 Å². The summed E-state index contributed by atoms with van der Waals surface area (Å²) in [5.74, 6) is -0.216. The Kier molecular flexibility index (Phi) is 12.5. The first-order valence-corrected chi connectivity index (χ1v) is 5.21. The maximum Gasteiger partial charge on any atom is 0.231 e. The third-order valence-corrected chi connectivity index (χ3v) is 2.04. The van der Waals surface area contributed by atoms with Gasteiger partial charge < -0.3 is 5.73 Å². The van der Waals surface area contributed by atoms with Gasteiger partial charge >= 0.3 is 0 Å². The second-order valence-corrected chi connectivity index (χ2v) is 3.45. The second kappa shape index (κ2) is 10.8. The van der Waals surface area contributed by atoms with Gasteiger partial charge in [-0.2, -0.15) is 0 Å². The molecule has 0 aromatic carbocycles. The molecular weight excluding hydrogens is 200 g/mol. The number of rotatable bonds is 8. The van der Waals surface area contributed by atoms with Crippen molar-refractivity contribution in [3.05, 3.63) is 0 Å². The van der Waals surface area contributed by atoms with Crippen molar-refractivity contribution in [2.24, 2.45) is 5.73 Å². The maximum absolute atomic E-state index is 10.7. The van der Waals surface area contributed by atoms with Crippen LogP contribution in [0.5, 0.6) is 0 Å². The molecule has 0 bridgehead atoms. The van der Waals surface area contributed by atoms with E-state index in [9.17, 15) is 4.79 Å². The normalized spacial score (nSPS) is 9.93. The fourth-order valence-corrected chi connectivity index (χ4v) is 1.25. The van der Waals surface area contributed by atoms with Crippen LogP contribution in [0.25, 0.3) is 0 Å². The number of nitrogens with zero attached hydrogens (tertiary/aromatic N) is 1. The lowest BCUT2D eigenvalue weighted by Crippen LogP contribution is -2.35. The zero-order valence-electron chi connectivity index (χ0n) is 9.29. The van der Waals surface area contributed by atoms with Crippen LogP contribution >= 0.6 is 12.4 Å². The lowest BCUT2D eigenvalue weighted by Gasteiger charge is -2.19. The monoisotopic (exact) mass is 222 g/mol. The van der Waals surface area contributed by atoms with E-state index >= 15 is 0 Å². The van der Waals surface area contributed by atoms with Crippen molar-refractivity contribution in [2.75, 3.05) is 19.6 Å². The zero-order chi connectivity index (χ0) is 10.1. The maximum atomic E-state index is 10.7. The molecule has 2 N–H and O–H groups in total. The summed E-state index contributed by atoms with van der Waals surface area (Å²) in [4.78, 5) is 12.9. The van der Waals surface area contributed by atoms with E-state index in [1.54, 1.807) is 0 Å². The summed E-state index contributed by atoms with van der Waals surface area (Å²) in [5, 5.41) is 0.